The number of nitrogens with one attached hydrogen (secondary N) is 1. The predicted molar refractivity (Wildman–Crippen MR) is 122 cm³/mol. The monoisotopic (exact) mass is 437 g/mol. The number of para-hydroxylation sites is 2. The third-order valence-corrected chi connectivity index (χ3v) is 4.89. The van der Waals surface area contributed by atoms with Gasteiger partial charge in [0, 0.05) is 38.4 Å². The van der Waals surface area contributed by atoms with Crippen molar-refractivity contribution in [3.63, 3.8) is 0 Å². The molecule has 2 aromatic rings. The van der Waals surface area contributed by atoms with E-state index in [4.69, 9.17) is 14.6 Å². The van der Waals surface area contributed by atoms with Crippen LogP contribution in [-0.2, 0) is 4.74 Å². The number of hydrogen-bond donors (Lipinski definition) is 2. The Balaban J connectivity index is 0.00000341. The van der Waals surface area contributed by atoms with Crippen LogP contribution in [0.1, 0.15) is 17.3 Å². The molecule has 0 aromatic heterocycles. The van der Waals surface area contributed by atoms with Crippen LogP contribution in [0.5, 0.6) is 5.75 Å². The molecule has 9 heteroatoms. The summed E-state index contributed by atoms with van der Waals surface area (Å²) in [5, 5.41) is 11.9. The molecule has 0 spiro atoms. The summed E-state index contributed by atoms with van der Waals surface area (Å²) in [4.78, 5) is 27.6. The van der Waals surface area contributed by atoms with Gasteiger partial charge in [0.25, 0.3) is 0 Å². The number of ether oxygens (including phenoxy) is 2. The summed E-state index contributed by atoms with van der Waals surface area (Å²) >= 11 is 0. The molecule has 3 rings (SSSR count). The molecule has 2 aromatic carbocycles. The first kappa shape index (κ1) is 25.0. The molecule has 0 radical (unpaired) electrons. The second-order valence-corrected chi connectivity index (χ2v) is 6.87. The van der Waals surface area contributed by atoms with Gasteiger partial charge in [-0.15, -0.1) is 0 Å². The van der Waals surface area contributed by atoms with Gasteiger partial charge in [-0.25, -0.2) is 9.59 Å². The zero-order valence-corrected chi connectivity index (χ0v) is 17.0. The topological polar surface area (TPSA) is 91.3 Å². The average Bonchev–Trinajstić information content (AvgIpc) is 2.76. The van der Waals surface area contributed by atoms with Crippen LogP contribution in [0.25, 0.3) is 0 Å². The van der Waals surface area contributed by atoms with E-state index in [1.54, 1.807) is 30.3 Å². The van der Waals surface area contributed by atoms with E-state index in [1.165, 1.54) is 0 Å². The van der Waals surface area contributed by atoms with E-state index in [9.17, 15) is 9.59 Å². The van der Waals surface area contributed by atoms with E-state index < -0.39 is 12.1 Å². The third-order valence-electron chi connectivity index (χ3n) is 4.89. The molecular weight excluding hydrogens is 409 g/mol. The first-order valence-corrected chi connectivity index (χ1v) is 10.0. The number of rotatable bonds is 8. The molecule has 1 saturated heterocycles. The van der Waals surface area contributed by atoms with E-state index in [-0.39, 0.29) is 36.2 Å². The van der Waals surface area contributed by atoms with Crippen LogP contribution < -0.4 is 15.0 Å². The summed E-state index contributed by atoms with van der Waals surface area (Å²) < 4.78 is 10.8. The van der Waals surface area contributed by atoms with E-state index in [0.717, 1.165) is 31.9 Å². The number of carbonyl (C=O) groups is 2. The van der Waals surface area contributed by atoms with E-state index in [2.05, 4.69) is 15.1 Å². The standard InChI is InChI=1S/C22H27N3O5.Na.H/c1-2-29-20-9-4-3-8-19(20)23-22(28)30-15-14-24-10-12-25(13-11-24)18-7-5-6-17(16-18)21(26)27;;/h3-9,16H,2,10-15H2,1H3,(H,23,28)(H,26,27);;. The Morgan fingerprint density at radius 2 is 1.81 bits per heavy atom. The Morgan fingerprint density at radius 1 is 1.06 bits per heavy atom. The number of carboxylic acids is 1. The minimum atomic E-state index is -0.921. The number of hydrogen-bond acceptors (Lipinski definition) is 6. The van der Waals surface area contributed by atoms with Gasteiger partial charge in [0.2, 0.25) is 0 Å². The van der Waals surface area contributed by atoms with Gasteiger partial charge in [0.1, 0.15) is 12.4 Å². The number of piperazine rings is 1. The maximum atomic E-state index is 12.1. The summed E-state index contributed by atoms with van der Waals surface area (Å²) in [6.45, 7) is 6.54. The normalized spacial score (nSPS) is 13.8. The van der Waals surface area contributed by atoms with Gasteiger partial charge in [-0.3, -0.25) is 10.2 Å². The molecule has 2 N–H and O–H groups in total. The maximum absolute atomic E-state index is 12.1. The Kier molecular flexibility index (Phi) is 10.1. The fraction of sp³-hybridized carbons (Fsp3) is 0.364. The summed E-state index contributed by atoms with van der Waals surface area (Å²) in [6.07, 6.45) is -0.508. The quantitative estimate of drug-likeness (QED) is 0.613. The van der Waals surface area contributed by atoms with Crippen LogP contribution in [0.2, 0.25) is 0 Å². The van der Waals surface area contributed by atoms with Gasteiger partial charge < -0.3 is 19.5 Å². The van der Waals surface area contributed by atoms with Crippen LogP contribution in [0.15, 0.2) is 48.5 Å². The van der Waals surface area contributed by atoms with Crippen LogP contribution in [0.4, 0.5) is 16.2 Å². The van der Waals surface area contributed by atoms with Crippen LogP contribution >= 0.6 is 0 Å². The molecule has 0 bridgehead atoms. The van der Waals surface area contributed by atoms with Crippen molar-refractivity contribution in [2.24, 2.45) is 0 Å². The van der Waals surface area contributed by atoms with Crippen molar-refractivity contribution in [1.82, 2.24) is 4.90 Å². The molecule has 31 heavy (non-hydrogen) atoms. The van der Waals surface area contributed by atoms with Crippen molar-refractivity contribution < 1.29 is 24.2 Å². The van der Waals surface area contributed by atoms with Gasteiger partial charge >= 0.3 is 41.6 Å². The number of carbonyl (C=O) groups excluding carboxylic acids is 1. The van der Waals surface area contributed by atoms with E-state index in [1.807, 2.05) is 25.1 Å². The molecule has 1 aliphatic rings. The van der Waals surface area contributed by atoms with Gasteiger partial charge in [-0.1, -0.05) is 18.2 Å². The van der Waals surface area contributed by atoms with Crippen molar-refractivity contribution in [2.45, 2.75) is 6.92 Å². The number of anilines is 2. The number of amides is 1. The van der Waals surface area contributed by atoms with Gasteiger partial charge in [-0.05, 0) is 37.3 Å². The Bertz CT molecular complexity index is 872. The Hall–Kier alpha value is -2.26. The van der Waals surface area contributed by atoms with E-state index in [0.29, 0.717) is 30.2 Å². The van der Waals surface area contributed by atoms with Crippen molar-refractivity contribution in [3.8, 4) is 5.75 Å². The number of nitrogens with zero attached hydrogens (tertiary/aromatic N) is 2. The predicted octanol–water partition coefficient (Wildman–Crippen LogP) is 2.51. The minimum absolute atomic E-state index is 0. The molecule has 0 saturated carbocycles. The van der Waals surface area contributed by atoms with Crippen LogP contribution in [0.3, 0.4) is 0 Å². The van der Waals surface area contributed by atoms with E-state index >= 15 is 0 Å². The molecule has 0 atom stereocenters. The molecule has 162 valence electrons. The first-order valence-electron chi connectivity index (χ1n) is 10.0. The molecule has 0 aliphatic carbocycles. The summed E-state index contributed by atoms with van der Waals surface area (Å²) in [6, 6.07) is 14.2. The summed E-state index contributed by atoms with van der Waals surface area (Å²) in [7, 11) is 0. The summed E-state index contributed by atoms with van der Waals surface area (Å²) in [5.74, 6) is -0.310. The average molecular weight is 437 g/mol. The number of benzene rings is 2. The molecule has 1 aliphatic heterocycles. The fourth-order valence-corrected chi connectivity index (χ4v) is 3.33. The SMILES string of the molecule is CCOc1ccccc1NC(=O)OCCN1CCN(c2cccc(C(=O)O)c2)CC1.[NaH]. The molecule has 0 unspecified atom stereocenters. The molecule has 8 nitrogen and oxygen atoms in total. The Labute approximate surface area is 204 Å². The van der Waals surface area contributed by atoms with Crippen LogP contribution in [0, 0.1) is 0 Å². The zero-order valence-electron chi connectivity index (χ0n) is 17.0. The fourth-order valence-electron chi connectivity index (χ4n) is 3.33. The molecule has 1 heterocycles. The van der Waals surface area contributed by atoms with Gasteiger partial charge in [0.15, 0.2) is 0 Å². The zero-order chi connectivity index (χ0) is 21.3. The van der Waals surface area contributed by atoms with Gasteiger partial charge in [-0.2, -0.15) is 0 Å². The molecule has 1 fully saturated rings. The molecule has 1 amide bonds. The Morgan fingerprint density at radius 3 is 2.52 bits per heavy atom. The van der Waals surface area contributed by atoms with Crippen LogP contribution in [-0.4, -0.2) is 97.6 Å². The van der Waals surface area contributed by atoms with Gasteiger partial charge in [0.05, 0.1) is 17.9 Å². The second kappa shape index (κ2) is 12.6. The number of carboxylic acid groups (broad SMARTS) is 1. The molecular formula is C22H28N3NaO5. The second-order valence-electron chi connectivity index (χ2n) is 6.87. The number of aromatic carboxylic acids is 1. The summed E-state index contributed by atoms with van der Waals surface area (Å²) in [5.41, 5.74) is 1.79. The third kappa shape index (κ3) is 7.43. The van der Waals surface area contributed by atoms with Crippen molar-refractivity contribution >= 4 is 53.0 Å². The van der Waals surface area contributed by atoms with Crippen molar-refractivity contribution in [1.29, 1.82) is 0 Å². The van der Waals surface area contributed by atoms with Crippen molar-refractivity contribution in [3.05, 3.63) is 54.1 Å². The first-order chi connectivity index (χ1) is 14.6. The van der Waals surface area contributed by atoms with Crippen molar-refractivity contribution in [2.75, 3.05) is 56.2 Å².